The number of hydrogen-bond acceptors (Lipinski definition) is 4. The summed E-state index contributed by atoms with van der Waals surface area (Å²) in [6, 6.07) is 11.4. The Morgan fingerprint density at radius 2 is 2.00 bits per heavy atom. The number of ether oxygens (including phenoxy) is 2. The van der Waals surface area contributed by atoms with Crippen molar-refractivity contribution in [2.75, 3.05) is 0 Å². The van der Waals surface area contributed by atoms with Crippen LogP contribution in [0.15, 0.2) is 47.1 Å². The molecule has 1 aromatic heterocycles. The Morgan fingerprint density at radius 3 is 2.68 bits per heavy atom. The van der Waals surface area contributed by atoms with E-state index in [1.807, 2.05) is 30.3 Å². The number of hydrogen-bond donors (Lipinski definition) is 0. The highest BCUT2D eigenvalue weighted by atomic mass is 79.9. The molecule has 0 aliphatic heterocycles. The highest BCUT2D eigenvalue weighted by molar-refractivity contribution is 9.10. The van der Waals surface area contributed by atoms with Crippen molar-refractivity contribution in [3.8, 4) is 11.6 Å². The lowest BCUT2D eigenvalue weighted by Gasteiger charge is -2.11. The van der Waals surface area contributed by atoms with Gasteiger partial charge >= 0.3 is 5.97 Å². The van der Waals surface area contributed by atoms with Crippen molar-refractivity contribution < 1.29 is 14.3 Å². The highest BCUT2D eigenvalue weighted by Crippen LogP contribution is 2.33. The van der Waals surface area contributed by atoms with E-state index in [1.165, 1.54) is 13.1 Å². The van der Waals surface area contributed by atoms with Gasteiger partial charge in [-0.15, -0.1) is 0 Å². The molecular weight excluding hydrogens is 310 g/mol. The molecule has 4 nitrogen and oxygen atoms in total. The van der Waals surface area contributed by atoms with Gasteiger partial charge in [0.15, 0.2) is 5.75 Å². The van der Waals surface area contributed by atoms with E-state index in [9.17, 15) is 4.79 Å². The molecule has 0 spiro atoms. The van der Waals surface area contributed by atoms with E-state index in [4.69, 9.17) is 9.47 Å². The Kier molecular flexibility index (Phi) is 4.52. The molecule has 0 atom stereocenters. The summed E-state index contributed by atoms with van der Waals surface area (Å²) in [5.41, 5.74) is 1.02. The number of rotatable bonds is 4. The Hall–Kier alpha value is -1.88. The lowest BCUT2D eigenvalue weighted by atomic mass is 10.2. The smallest absolute Gasteiger partial charge is 0.309 e. The SMILES string of the molecule is CC(=O)Oc1nccc(Br)c1OCc1ccccc1. The maximum Gasteiger partial charge on any atom is 0.309 e. The second-order valence-electron chi connectivity index (χ2n) is 3.79. The number of nitrogens with zero attached hydrogens (tertiary/aromatic N) is 1. The number of halogens is 1. The molecule has 0 aliphatic carbocycles. The Balaban J connectivity index is 2.17. The number of esters is 1. The lowest BCUT2D eigenvalue weighted by molar-refractivity contribution is -0.132. The van der Waals surface area contributed by atoms with Gasteiger partial charge in [-0.25, -0.2) is 4.98 Å². The number of benzene rings is 1. The van der Waals surface area contributed by atoms with E-state index < -0.39 is 5.97 Å². The molecule has 98 valence electrons. The van der Waals surface area contributed by atoms with Crippen LogP contribution < -0.4 is 9.47 Å². The third-order valence-electron chi connectivity index (χ3n) is 2.29. The minimum absolute atomic E-state index is 0.165. The molecule has 0 saturated heterocycles. The summed E-state index contributed by atoms with van der Waals surface area (Å²) in [5, 5.41) is 0. The molecule has 5 heteroatoms. The normalized spacial score (nSPS) is 10.0. The molecule has 0 amide bonds. The molecule has 1 aromatic carbocycles. The van der Waals surface area contributed by atoms with E-state index in [0.29, 0.717) is 16.8 Å². The van der Waals surface area contributed by atoms with Crippen LogP contribution in [0.4, 0.5) is 0 Å². The van der Waals surface area contributed by atoms with Crippen LogP contribution in [0.2, 0.25) is 0 Å². The van der Waals surface area contributed by atoms with Crippen molar-refractivity contribution in [3.05, 3.63) is 52.6 Å². The first kappa shape index (κ1) is 13.5. The molecule has 0 unspecified atom stereocenters. The Bertz CT molecular complexity index is 572. The molecule has 0 saturated carbocycles. The van der Waals surface area contributed by atoms with Crippen molar-refractivity contribution in [3.63, 3.8) is 0 Å². The average molecular weight is 322 g/mol. The molecule has 0 aliphatic rings. The van der Waals surface area contributed by atoms with Crippen LogP contribution in [0.3, 0.4) is 0 Å². The van der Waals surface area contributed by atoms with Crippen LogP contribution in [-0.2, 0) is 11.4 Å². The first-order valence-electron chi connectivity index (χ1n) is 5.66. The third-order valence-corrected chi connectivity index (χ3v) is 2.91. The molecule has 0 bridgehead atoms. The van der Waals surface area contributed by atoms with Gasteiger partial charge in [0.05, 0.1) is 4.47 Å². The average Bonchev–Trinajstić information content (AvgIpc) is 2.38. The molecule has 0 N–H and O–H groups in total. The third kappa shape index (κ3) is 3.79. The fourth-order valence-corrected chi connectivity index (χ4v) is 1.88. The van der Waals surface area contributed by atoms with Gasteiger partial charge in [0, 0.05) is 13.1 Å². The van der Waals surface area contributed by atoms with Crippen molar-refractivity contribution in [2.24, 2.45) is 0 Å². The highest BCUT2D eigenvalue weighted by Gasteiger charge is 2.13. The minimum atomic E-state index is -0.435. The zero-order valence-electron chi connectivity index (χ0n) is 10.3. The van der Waals surface area contributed by atoms with Crippen molar-refractivity contribution in [2.45, 2.75) is 13.5 Å². The molecule has 0 radical (unpaired) electrons. The maximum absolute atomic E-state index is 11.0. The van der Waals surface area contributed by atoms with Crippen LogP contribution in [0.1, 0.15) is 12.5 Å². The van der Waals surface area contributed by atoms with Gasteiger partial charge in [-0.3, -0.25) is 4.79 Å². The Labute approximate surface area is 119 Å². The molecule has 2 aromatic rings. The first-order valence-corrected chi connectivity index (χ1v) is 6.46. The first-order chi connectivity index (χ1) is 9.16. The predicted octanol–water partition coefficient (Wildman–Crippen LogP) is 3.35. The number of carbonyl (C=O) groups excluding carboxylic acids is 1. The maximum atomic E-state index is 11.0. The van der Waals surface area contributed by atoms with E-state index in [2.05, 4.69) is 20.9 Å². The van der Waals surface area contributed by atoms with Gasteiger partial charge < -0.3 is 9.47 Å². The molecular formula is C14H12BrNO3. The monoisotopic (exact) mass is 321 g/mol. The second-order valence-corrected chi connectivity index (χ2v) is 4.65. The van der Waals surface area contributed by atoms with Crippen LogP contribution in [0.5, 0.6) is 11.6 Å². The minimum Gasteiger partial charge on any atom is -0.482 e. The molecule has 0 fully saturated rings. The van der Waals surface area contributed by atoms with E-state index in [-0.39, 0.29) is 5.88 Å². The summed E-state index contributed by atoms with van der Waals surface area (Å²) in [7, 11) is 0. The van der Waals surface area contributed by atoms with Gasteiger partial charge in [-0.1, -0.05) is 30.3 Å². The van der Waals surface area contributed by atoms with E-state index in [1.54, 1.807) is 6.07 Å². The van der Waals surface area contributed by atoms with Crippen LogP contribution in [0.25, 0.3) is 0 Å². The Morgan fingerprint density at radius 1 is 1.26 bits per heavy atom. The molecule has 19 heavy (non-hydrogen) atoms. The van der Waals surface area contributed by atoms with E-state index >= 15 is 0 Å². The summed E-state index contributed by atoms with van der Waals surface area (Å²) in [4.78, 5) is 15.0. The van der Waals surface area contributed by atoms with Crippen LogP contribution in [0, 0.1) is 0 Å². The second kappa shape index (κ2) is 6.33. The predicted molar refractivity (Wildman–Crippen MR) is 74.0 cm³/mol. The van der Waals surface area contributed by atoms with Gasteiger partial charge in [-0.05, 0) is 27.6 Å². The van der Waals surface area contributed by atoms with Crippen LogP contribution in [-0.4, -0.2) is 11.0 Å². The zero-order valence-corrected chi connectivity index (χ0v) is 11.9. The largest absolute Gasteiger partial charge is 0.482 e. The molecule has 2 rings (SSSR count). The summed E-state index contributed by atoms with van der Waals surface area (Å²) < 4.78 is 11.4. The van der Waals surface area contributed by atoms with Gasteiger partial charge in [-0.2, -0.15) is 0 Å². The summed E-state index contributed by atoms with van der Waals surface area (Å²) in [6.45, 7) is 1.70. The van der Waals surface area contributed by atoms with Gasteiger partial charge in [0.25, 0.3) is 5.88 Å². The quantitative estimate of drug-likeness (QED) is 0.810. The number of pyridine rings is 1. The fraction of sp³-hybridized carbons (Fsp3) is 0.143. The van der Waals surface area contributed by atoms with Gasteiger partial charge in [0.2, 0.25) is 0 Å². The fourth-order valence-electron chi connectivity index (χ4n) is 1.48. The van der Waals surface area contributed by atoms with Gasteiger partial charge in [0.1, 0.15) is 6.61 Å². The van der Waals surface area contributed by atoms with E-state index in [0.717, 1.165) is 5.56 Å². The summed E-state index contributed by atoms with van der Waals surface area (Å²) >= 11 is 3.35. The summed E-state index contributed by atoms with van der Waals surface area (Å²) in [6.07, 6.45) is 1.54. The topological polar surface area (TPSA) is 48.4 Å². The molecule has 1 heterocycles. The number of aromatic nitrogens is 1. The standard InChI is InChI=1S/C14H12BrNO3/c1-10(17)19-14-13(12(15)7-8-16-14)18-9-11-5-3-2-4-6-11/h2-8H,9H2,1H3. The lowest BCUT2D eigenvalue weighted by Crippen LogP contribution is -2.06. The van der Waals surface area contributed by atoms with Crippen molar-refractivity contribution in [1.29, 1.82) is 0 Å². The van der Waals surface area contributed by atoms with Crippen molar-refractivity contribution >= 4 is 21.9 Å². The van der Waals surface area contributed by atoms with Crippen molar-refractivity contribution in [1.82, 2.24) is 4.98 Å². The zero-order chi connectivity index (χ0) is 13.7. The number of carbonyl (C=O) groups is 1. The van der Waals surface area contributed by atoms with Crippen LogP contribution >= 0.6 is 15.9 Å². The summed E-state index contributed by atoms with van der Waals surface area (Å²) in [5.74, 6) is 0.148.